The van der Waals surface area contributed by atoms with Gasteiger partial charge in [-0.15, -0.1) is 11.3 Å². The number of nitrogens with one attached hydrogen (secondary N) is 1. The van der Waals surface area contributed by atoms with Gasteiger partial charge in [-0.1, -0.05) is 12.1 Å². The Labute approximate surface area is 122 Å². The molecule has 0 aliphatic carbocycles. The highest BCUT2D eigenvalue weighted by Crippen LogP contribution is 2.36. The number of nitrogens with zero attached hydrogens (tertiary/aromatic N) is 1. The third-order valence-corrected chi connectivity index (χ3v) is 3.81. The molecule has 106 valence electrons. The zero-order chi connectivity index (χ0) is 13.9. The van der Waals surface area contributed by atoms with Gasteiger partial charge in [-0.05, 0) is 26.0 Å². The minimum atomic E-state index is -0.0439. The predicted octanol–water partition coefficient (Wildman–Crippen LogP) is 3.87. The molecule has 0 saturated carbocycles. The van der Waals surface area contributed by atoms with Crippen LogP contribution < -0.4 is 14.8 Å². The van der Waals surface area contributed by atoms with Crippen LogP contribution in [0.2, 0.25) is 0 Å². The van der Waals surface area contributed by atoms with E-state index in [1.807, 2.05) is 24.3 Å². The molecule has 0 radical (unpaired) electrons. The van der Waals surface area contributed by atoms with Crippen LogP contribution in [0.4, 0.5) is 5.13 Å². The normalized spacial score (nSPS) is 17.9. The van der Waals surface area contributed by atoms with Crippen molar-refractivity contribution in [1.29, 1.82) is 0 Å². The fraction of sp³-hybridized carbons (Fsp3) is 0.400. The Kier molecular flexibility index (Phi) is 3.78. The number of para-hydroxylation sites is 2. The first-order valence-electron chi connectivity index (χ1n) is 6.83. The first-order chi connectivity index (χ1) is 9.72. The van der Waals surface area contributed by atoms with Gasteiger partial charge in [0.25, 0.3) is 0 Å². The van der Waals surface area contributed by atoms with Crippen molar-refractivity contribution in [3.63, 3.8) is 0 Å². The molecule has 4 nitrogen and oxygen atoms in total. The molecule has 2 aromatic rings. The van der Waals surface area contributed by atoms with Gasteiger partial charge < -0.3 is 14.8 Å². The number of fused-ring (bicyclic) bond motifs is 1. The summed E-state index contributed by atoms with van der Waals surface area (Å²) in [5.74, 6) is 1.60. The number of thiazole rings is 1. The second-order valence-electron chi connectivity index (χ2n) is 5.07. The molecule has 1 aliphatic rings. The van der Waals surface area contributed by atoms with Crippen molar-refractivity contribution in [3.8, 4) is 11.5 Å². The Balaban J connectivity index is 1.79. The van der Waals surface area contributed by atoms with Gasteiger partial charge >= 0.3 is 0 Å². The van der Waals surface area contributed by atoms with E-state index >= 15 is 0 Å². The third-order valence-electron chi connectivity index (χ3n) is 3.02. The number of ether oxygens (including phenoxy) is 2. The summed E-state index contributed by atoms with van der Waals surface area (Å²) in [6, 6.07) is 8.17. The predicted molar refractivity (Wildman–Crippen MR) is 80.8 cm³/mol. The second kappa shape index (κ2) is 5.71. The van der Waals surface area contributed by atoms with E-state index in [2.05, 4.69) is 29.5 Å². The topological polar surface area (TPSA) is 43.4 Å². The smallest absolute Gasteiger partial charge is 0.183 e. The Bertz CT molecular complexity index is 583. The van der Waals surface area contributed by atoms with Crippen LogP contribution >= 0.6 is 11.3 Å². The summed E-state index contributed by atoms with van der Waals surface area (Å²) in [5, 5.41) is 6.32. The van der Waals surface area contributed by atoms with Crippen LogP contribution in [0.5, 0.6) is 11.5 Å². The second-order valence-corrected chi connectivity index (χ2v) is 5.93. The molecule has 0 fully saturated rings. The van der Waals surface area contributed by atoms with Crippen molar-refractivity contribution >= 4 is 16.5 Å². The third kappa shape index (κ3) is 2.88. The van der Waals surface area contributed by atoms with Crippen LogP contribution in [0.15, 0.2) is 29.6 Å². The van der Waals surface area contributed by atoms with Gasteiger partial charge in [0.05, 0.1) is 12.3 Å². The van der Waals surface area contributed by atoms with Crippen molar-refractivity contribution in [2.24, 2.45) is 0 Å². The molecule has 1 aromatic carbocycles. The van der Waals surface area contributed by atoms with Crippen LogP contribution in [0.25, 0.3) is 0 Å². The van der Waals surface area contributed by atoms with Crippen molar-refractivity contribution in [3.05, 3.63) is 35.3 Å². The molecule has 1 N–H and O–H groups in total. The number of hydrogen-bond donors (Lipinski definition) is 1. The van der Waals surface area contributed by atoms with E-state index in [-0.39, 0.29) is 6.10 Å². The molecule has 1 atom stereocenters. The number of rotatable bonds is 3. The molecule has 0 bridgehead atoms. The molecular formula is C15H18N2O2S. The standard InChI is InChI=1S/C15H18N2O2S/c1-10(2)16-15-17-11(9-20-15)12-7-8-18-13-5-3-4-6-14(13)19-12/h3-6,9-10,12H,7-8H2,1-2H3,(H,16,17). The molecule has 1 aromatic heterocycles. The Hall–Kier alpha value is -1.75. The van der Waals surface area contributed by atoms with Crippen molar-refractivity contribution < 1.29 is 9.47 Å². The zero-order valence-corrected chi connectivity index (χ0v) is 12.4. The molecule has 5 heteroatoms. The maximum atomic E-state index is 6.05. The summed E-state index contributed by atoms with van der Waals surface area (Å²) in [5.41, 5.74) is 0.971. The molecule has 0 amide bonds. The first kappa shape index (κ1) is 13.2. The number of benzene rings is 1. The number of anilines is 1. The number of aromatic nitrogens is 1. The quantitative estimate of drug-likeness (QED) is 0.932. The van der Waals surface area contributed by atoms with Gasteiger partial charge in [-0.25, -0.2) is 4.98 Å². The minimum Gasteiger partial charge on any atom is -0.490 e. The minimum absolute atomic E-state index is 0.0439. The lowest BCUT2D eigenvalue weighted by Crippen LogP contribution is -2.11. The Morgan fingerprint density at radius 1 is 1.30 bits per heavy atom. The van der Waals surface area contributed by atoms with E-state index in [1.165, 1.54) is 0 Å². The largest absolute Gasteiger partial charge is 0.490 e. The molecular weight excluding hydrogens is 272 g/mol. The maximum absolute atomic E-state index is 6.05. The molecule has 3 rings (SSSR count). The van der Waals surface area contributed by atoms with Crippen LogP contribution in [0, 0.1) is 0 Å². The molecule has 1 unspecified atom stereocenters. The van der Waals surface area contributed by atoms with Gasteiger partial charge in [0.1, 0.15) is 6.10 Å². The summed E-state index contributed by atoms with van der Waals surface area (Å²) in [7, 11) is 0. The molecule has 0 saturated heterocycles. The number of hydrogen-bond acceptors (Lipinski definition) is 5. The van der Waals surface area contributed by atoms with Crippen LogP contribution in [0.3, 0.4) is 0 Å². The van der Waals surface area contributed by atoms with Gasteiger partial charge in [0, 0.05) is 17.8 Å². The SMILES string of the molecule is CC(C)Nc1nc(C2CCOc3ccccc3O2)cs1. The Morgan fingerprint density at radius 3 is 2.90 bits per heavy atom. The lowest BCUT2D eigenvalue weighted by atomic mass is 10.2. The fourth-order valence-corrected chi connectivity index (χ4v) is 3.01. The summed E-state index contributed by atoms with van der Waals surface area (Å²) in [6.45, 7) is 4.85. The van der Waals surface area contributed by atoms with E-state index in [4.69, 9.17) is 9.47 Å². The highest BCUT2D eigenvalue weighted by Gasteiger charge is 2.22. The summed E-state index contributed by atoms with van der Waals surface area (Å²) >= 11 is 1.62. The Morgan fingerprint density at radius 2 is 2.10 bits per heavy atom. The molecule has 20 heavy (non-hydrogen) atoms. The van der Waals surface area contributed by atoms with Crippen LogP contribution in [-0.2, 0) is 0 Å². The van der Waals surface area contributed by atoms with Crippen molar-refractivity contribution in [2.45, 2.75) is 32.4 Å². The van der Waals surface area contributed by atoms with Crippen molar-refractivity contribution in [2.75, 3.05) is 11.9 Å². The van der Waals surface area contributed by atoms with E-state index in [1.54, 1.807) is 11.3 Å². The van der Waals surface area contributed by atoms with E-state index < -0.39 is 0 Å². The summed E-state index contributed by atoms with van der Waals surface area (Å²) < 4.78 is 11.8. The molecule has 1 aliphatic heterocycles. The maximum Gasteiger partial charge on any atom is 0.183 e. The van der Waals surface area contributed by atoms with Crippen LogP contribution in [-0.4, -0.2) is 17.6 Å². The van der Waals surface area contributed by atoms with Crippen LogP contribution in [0.1, 0.15) is 32.1 Å². The van der Waals surface area contributed by atoms with Gasteiger partial charge in [-0.3, -0.25) is 0 Å². The van der Waals surface area contributed by atoms with E-state index in [0.717, 1.165) is 28.7 Å². The fourth-order valence-electron chi connectivity index (χ4n) is 2.11. The van der Waals surface area contributed by atoms with E-state index in [0.29, 0.717) is 12.6 Å². The van der Waals surface area contributed by atoms with Gasteiger partial charge in [0.2, 0.25) is 0 Å². The highest BCUT2D eigenvalue weighted by atomic mass is 32.1. The summed E-state index contributed by atoms with van der Waals surface area (Å²) in [6.07, 6.45) is 0.761. The van der Waals surface area contributed by atoms with Gasteiger partial charge in [0.15, 0.2) is 16.6 Å². The van der Waals surface area contributed by atoms with Gasteiger partial charge in [-0.2, -0.15) is 0 Å². The zero-order valence-electron chi connectivity index (χ0n) is 11.6. The summed E-state index contributed by atoms with van der Waals surface area (Å²) in [4.78, 5) is 4.62. The first-order valence-corrected chi connectivity index (χ1v) is 7.71. The monoisotopic (exact) mass is 290 g/mol. The average molecular weight is 290 g/mol. The molecule has 2 heterocycles. The lowest BCUT2D eigenvalue weighted by Gasteiger charge is -2.13. The van der Waals surface area contributed by atoms with Crippen molar-refractivity contribution in [1.82, 2.24) is 4.98 Å². The lowest BCUT2D eigenvalue weighted by molar-refractivity contribution is 0.191. The molecule has 0 spiro atoms. The highest BCUT2D eigenvalue weighted by molar-refractivity contribution is 7.13. The average Bonchev–Trinajstić information content (AvgIpc) is 2.76. The van der Waals surface area contributed by atoms with E-state index in [9.17, 15) is 0 Å².